The van der Waals surface area contributed by atoms with Crippen LogP contribution in [0.5, 0.6) is 0 Å². The minimum atomic E-state index is -0.154. The molecular formula is C16H25FN2. The van der Waals surface area contributed by atoms with E-state index in [4.69, 9.17) is 0 Å². The Balaban J connectivity index is 2.21. The molecule has 3 heteroatoms. The van der Waals surface area contributed by atoms with Gasteiger partial charge in [-0.15, -0.1) is 0 Å². The van der Waals surface area contributed by atoms with Crippen LogP contribution in [0.3, 0.4) is 0 Å². The summed E-state index contributed by atoms with van der Waals surface area (Å²) in [5.74, 6) is -0.154. The lowest BCUT2D eigenvalue weighted by Gasteiger charge is -2.38. The maximum atomic E-state index is 13.5. The third kappa shape index (κ3) is 3.47. The molecule has 0 bridgehead atoms. The summed E-state index contributed by atoms with van der Waals surface area (Å²) < 4.78 is 13.5. The number of hydrogen-bond acceptors (Lipinski definition) is 2. The molecule has 1 aromatic rings. The van der Waals surface area contributed by atoms with Crippen LogP contribution in [0.4, 0.5) is 10.1 Å². The second-order valence-electron chi connectivity index (χ2n) is 6.15. The molecule has 106 valence electrons. The lowest BCUT2D eigenvalue weighted by Crippen LogP contribution is -2.41. The van der Waals surface area contributed by atoms with Crippen molar-refractivity contribution in [2.75, 3.05) is 11.9 Å². The fraction of sp³-hybridized carbons (Fsp3) is 0.625. The van der Waals surface area contributed by atoms with E-state index in [0.29, 0.717) is 6.04 Å². The van der Waals surface area contributed by atoms with Crippen LogP contribution in [0.25, 0.3) is 0 Å². The van der Waals surface area contributed by atoms with Crippen molar-refractivity contribution in [3.8, 4) is 0 Å². The number of anilines is 1. The van der Waals surface area contributed by atoms with Crippen molar-refractivity contribution >= 4 is 5.69 Å². The van der Waals surface area contributed by atoms with E-state index < -0.39 is 0 Å². The van der Waals surface area contributed by atoms with E-state index in [1.807, 2.05) is 6.07 Å². The highest BCUT2D eigenvalue weighted by Crippen LogP contribution is 2.29. The Hall–Kier alpha value is -1.09. The summed E-state index contributed by atoms with van der Waals surface area (Å²) >= 11 is 0. The molecule has 0 amide bonds. The standard InChI is InChI=1S/C16H25FN2/c1-5-16(2,3)19(4)15-9-6-13(17)10-12(15)11-18-14-7-8-14/h6,9-10,14,18H,5,7-8,11H2,1-4H3. The van der Waals surface area contributed by atoms with Crippen molar-refractivity contribution in [2.24, 2.45) is 0 Å². The molecule has 2 rings (SSSR count). The van der Waals surface area contributed by atoms with E-state index in [1.54, 1.807) is 12.1 Å². The van der Waals surface area contributed by atoms with Crippen molar-refractivity contribution in [3.63, 3.8) is 0 Å². The molecule has 1 aromatic carbocycles. The van der Waals surface area contributed by atoms with Crippen molar-refractivity contribution < 1.29 is 4.39 Å². The monoisotopic (exact) mass is 264 g/mol. The maximum Gasteiger partial charge on any atom is 0.123 e. The highest BCUT2D eigenvalue weighted by atomic mass is 19.1. The van der Waals surface area contributed by atoms with Crippen molar-refractivity contribution in [3.05, 3.63) is 29.6 Å². The first-order valence-corrected chi connectivity index (χ1v) is 7.19. The van der Waals surface area contributed by atoms with E-state index in [1.165, 1.54) is 12.8 Å². The van der Waals surface area contributed by atoms with Gasteiger partial charge in [-0.1, -0.05) is 6.92 Å². The zero-order valence-corrected chi connectivity index (χ0v) is 12.5. The van der Waals surface area contributed by atoms with E-state index >= 15 is 0 Å². The number of rotatable bonds is 6. The zero-order chi connectivity index (χ0) is 14.0. The minimum Gasteiger partial charge on any atom is -0.369 e. The quantitative estimate of drug-likeness (QED) is 0.842. The van der Waals surface area contributed by atoms with Crippen molar-refractivity contribution in [1.82, 2.24) is 5.32 Å². The van der Waals surface area contributed by atoms with Crippen LogP contribution in [0.1, 0.15) is 45.6 Å². The molecule has 0 aliphatic heterocycles. The average Bonchev–Trinajstić information content (AvgIpc) is 3.19. The largest absolute Gasteiger partial charge is 0.369 e. The Labute approximate surface area is 116 Å². The second kappa shape index (κ2) is 5.49. The van der Waals surface area contributed by atoms with Gasteiger partial charge < -0.3 is 10.2 Å². The molecule has 1 aliphatic rings. The van der Waals surface area contributed by atoms with Crippen LogP contribution < -0.4 is 10.2 Å². The van der Waals surface area contributed by atoms with Gasteiger partial charge in [0.2, 0.25) is 0 Å². The van der Waals surface area contributed by atoms with Crippen LogP contribution in [0, 0.1) is 5.82 Å². The summed E-state index contributed by atoms with van der Waals surface area (Å²) in [6.07, 6.45) is 3.55. The zero-order valence-electron chi connectivity index (χ0n) is 12.5. The minimum absolute atomic E-state index is 0.0756. The SMILES string of the molecule is CCC(C)(C)N(C)c1ccc(F)cc1CNC1CC1. The molecule has 1 aliphatic carbocycles. The summed E-state index contributed by atoms with van der Waals surface area (Å²) in [6.45, 7) is 7.37. The number of halogens is 1. The van der Waals surface area contributed by atoms with Gasteiger partial charge in [-0.25, -0.2) is 4.39 Å². The summed E-state index contributed by atoms with van der Waals surface area (Å²) in [4.78, 5) is 2.26. The Morgan fingerprint density at radius 1 is 1.37 bits per heavy atom. The van der Waals surface area contributed by atoms with Crippen LogP contribution in [0.15, 0.2) is 18.2 Å². The molecule has 0 atom stereocenters. The Morgan fingerprint density at radius 2 is 2.05 bits per heavy atom. The van der Waals surface area contributed by atoms with Gasteiger partial charge in [-0.2, -0.15) is 0 Å². The van der Waals surface area contributed by atoms with Crippen molar-refractivity contribution in [1.29, 1.82) is 0 Å². The smallest absolute Gasteiger partial charge is 0.123 e. The van der Waals surface area contributed by atoms with Crippen LogP contribution in [0.2, 0.25) is 0 Å². The van der Waals surface area contributed by atoms with Gasteiger partial charge >= 0.3 is 0 Å². The fourth-order valence-corrected chi connectivity index (χ4v) is 2.13. The van der Waals surface area contributed by atoms with Crippen LogP contribution in [-0.2, 0) is 6.54 Å². The highest BCUT2D eigenvalue weighted by Gasteiger charge is 2.25. The molecule has 19 heavy (non-hydrogen) atoms. The lowest BCUT2D eigenvalue weighted by molar-refractivity contribution is 0.468. The van der Waals surface area contributed by atoms with Gasteiger partial charge in [0.15, 0.2) is 0 Å². The third-order valence-electron chi connectivity index (χ3n) is 4.33. The predicted molar refractivity (Wildman–Crippen MR) is 79.0 cm³/mol. The molecule has 1 N–H and O–H groups in total. The first-order valence-electron chi connectivity index (χ1n) is 7.19. The summed E-state index contributed by atoms with van der Waals surface area (Å²) in [6, 6.07) is 5.75. The van der Waals surface area contributed by atoms with Gasteiger partial charge in [0.25, 0.3) is 0 Å². The average molecular weight is 264 g/mol. The lowest BCUT2D eigenvalue weighted by atomic mass is 9.98. The van der Waals surface area contributed by atoms with Crippen LogP contribution >= 0.6 is 0 Å². The van der Waals surface area contributed by atoms with Gasteiger partial charge in [0.1, 0.15) is 5.82 Å². The molecule has 0 spiro atoms. The molecule has 0 heterocycles. The molecular weight excluding hydrogens is 239 g/mol. The van der Waals surface area contributed by atoms with Gasteiger partial charge in [-0.3, -0.25) is 0 Å². The maximum absolute atomic E-state index is 13.5. The topological polar surface area (TPSA) is 15.3 Å². The molecule has 1 saturated carbocycles. The van der Waals surface area contributed by atoms with E-state index in [-0.39, 0.29) is 11.4 Å². The first kappa shape index (κ1) is 14.3. The first-order chi connectivity index (χ1) is 8.94. The molecule has 0 saturated heterocycles. The highest BCUT2D eigenvalue weighted by molar-refractivity contribution is 5.55. The molecule has 0 aromatic heterocycles. The Morgan fingerprint density at radius 3 is 2.63 bits per heavy atom. The molecule has 0 unspecified atom stereocenters. The van der Waals surface area contributed by atoms with Gasteiger partial charge in [-0.05, 0) is 56.9 Å². The predicted octanol–water partition coefficient (Wildman–Crippen LogP) is 3.70. The molecule has 0 radical (unpaired) electrons. The molecule has 1 fully saturated rings. The van der Waals surface area contributed by atoms with Crippen molar-refractivity contribution in [2.45, 2.75) is 58.2 Å². The number of nitrogens with one attached hydrogen (secondary N) is 1. The summed E-state index contributed by atoms with van der Waals surface area (Å²) in [5, 5.41) is 3.47. The van der Waals surface area contributed by atoms with Crippen LogP contribution in [-0.4, -0.2) is 18.6 Å². The Bertz CT molecular complexity index is 438. The Kier molecular flexibility index (Phi) is 4.14. The second-order valence-corrected chi connectivity index (χ2v) is 6.15. The number of benzene rings is 1. The van der Waals surface area contributed by atoms with Gasteiger partial charge in [0, 0.05) is 30.9 Å². The fourth-order valence-electron chi connectivity index (χ4n) is 2.13. The number of nitrogens with zero attached hydrogens (tertiary/aromatic N) is 1. The van der Waals surface area contributed by atoms with E-state index in [2.05, 4.69) is 38.0 Å². The third-order valence-corrected chi connectivity index (χ3v) is 4.33. The summed E-state index contributed by atoms with van der Waals surface area (Å²) in [5.41, 5.74) is 2.25. The number of hydrogen-bond donors (Lipinski definition) is 1. The molecule has 2 nitrogen and oxygen atoms in total. The van der Waals surface area contributed by atoms with E-state index in [9.17, 15) is 4.39 Å². The van der Waals surface area contributed by atoms with Gasteiger partial charge in [0.05, 0.1) is 0 Å². The van der Waals surface area contributed by atoms with E-state index in [0.717, 1.165) is 24.2 Å². The normalized spacial score (nSPS) is 15.6. The summed E-state index contributed by atoms with van der Waals surface area (Å²) in [7, 11) is 2.09.